The summed E-state index contributed by atoms with van der Waals surface area (Å²) in [7, 11) is -6.07. The first-order valence-corrected chi connectivity index (χ1v) is 10.2. The Labute approximate surface area is 120 Å². The van der Waals surface area contributed by atoms with Crippen molar-refractivity contribution in [2.45, 2.75) is 30.3 Å². The second kappa shape index (κ2) is 5.46. The molecule has 0 bridgehead atoms. The summed E-state index contributed by atoms with van der Waals surface area (Å²) >= 11 is 0. The monoisotopic (exact) mass is 317 g/mol. The first-order valence-electron chi connectivity index (χ1n) is 6.44. The van der Waals surface area contributed by atoms with Gasteiger partial charge in [0.1, 0.15) is 0 Å². The molecule has 7 heteroatoms. The number of rotatable bonds is 4. The Balaban J connectivity index is 2.05. The molecule has 1 aromatic carbocycles. The average Bonchev–Trinajstić information content (AvgIpc) is 2.67. The third-order valence-electron chi connectivity index (χ3n) is 3.53. The molecule has 0 aromatic heterocycles. The van der Waals surface area contributed by atoms with Gasteiger partial charge in [0, 0.05) is 18.3 Å². The summed E-state index contributed by atoms with van der Waals surface area (Å²) in [5, 5.41) is 3.28. The molecule has 1 fully saturated rings. The van der Waals surface area contributed by atoms with Crippen molar-refractivity contribution in [1.82, 2.24) is 5.32 Å². The molecule has 0 radical (unpaired) electrons. The molecule has 1 aliphatic heterocycles. The Morgan fingerprint density at radius 1 is 1.25 bits per heavy atom. The lowest BCUT2D eigenvalue weighted by molar-refractivity contribution is 0.484. The Kier molecular flexibility index (Phi) is 4.22. The van der Waals surface area contributed by atoms with Crippen molar-refractivity contribution in [1.29, 1.82) is 0 Å². The van der Waals surface area contributed by atoms with Crippen molar-refractivity contribution in [2.24, 2.45) is 0 Å². The van der Waals surface area contributed by atoms with Crippen molar-refractivity contribution in [3.63, 3.8) is 0 Å². The van der Waals surface area contributed by atoms with E-state index in [1.807, 2.05) is 6.92 Å². The van der Waals surface area contributed by atoms with E-state index < -0.39 is 19.7 Å². The fraction of sp³-hybridized carbons (Fsp3) is 0.538. The Bertz CT molecular complexity index is 678. The molecule has 1 aliphatic rings. The zero-order valence-electron chi connectivity index (χ0n) is 11.5. The lowest BCUT2D eigenvalue weighted by atomic mass is 10.1. The van der Waals surface area contributed by atoms with Gasteiger partial charge in [-0.3, -0.25) is 0 Å². The van der Waals surface area contributed by atoms with E-state index in [0.717, 1.165) is 5.56 Å². The normalized spacial score (nSPS) is 23.6. The second-order valence-electron chi connectivity index (χ2n) is 5.33. The number of hydrogen-bond acceptors (Lipinski definition) is 5. The van der Waals surface area contributed by atoms with E-state index in [1.165, 1.54) is 6.26 Å². The van der Waals surface area contributed by atoms with Crippen LogP contribution >= 0.6 is 0 Å². The van der Waals surface area contributed by atoms with Gasteiger partial charge in [-0.25, -0.2) is 16.8 Å². The van der Waals surface area contributed by atoms with E-state index in [-0.39, 0.29) is 28.5 Å². The van der Waals surface area contributed by atoms with Gasteiger partial charge in [-0.15, -0.1) is 0 Å². The van der Waals surface area contributed by atoms with Crippen molar-refractivity contribution in [2.75, 3.05) is 17.8 Å². The van der Waals surface area contributed by atoms with Gasteiger partial charge in [-0.2, -0.15) is 0 Å². The molecular formula is C13H19NO4S2. The van der Waals surface area contributed by atoms with Crippen LogP contribution in [-0.4, -0.2) is 40.6 Å². The van der Waals surface area contributed by atoms with E-state index in [4.69, 9.17) is 0 Å². The fourth-order valence-electron chi connectivity index (χ4n) is 2.38. The van der Waals surface area contributed by atoms with Crippen LogP contribution in [0.4, 0.5) is 0 Å². The third-order valence-corrected chi connectivity index (χ3v) is 6.42. The van der Waals surface area contributed by atoms with Crippen molar-refractivity contribution in [3.8, 4) is 0 Å². The first-order chi connectivity index (χ1) is 9.17. The van der Waals surface area contributed by atoms with E-state index >= 15 is 0 Å². The summed E-state index contributed by atoms with van der Waals surface area (Å²) in [6.45, 7) is 1.94. The molecule has 112 valence electrons. The van der Waals surface area contributed by atoms with Crippen molar-refractivity contribution in [3.05, 3.63) is 29.8 Å². The molecule has 2 atom stereocenters. The summed E-state index contributed by atoms with van der Waals surface area (Å²) in [5.74, 6) is 0.420. The summed E-state index contributed by atoms with van der Waals surface area (Å²) in [6, 6.07) is 6.64. The zero-order valence-corrected chi connectivity index (χ0v) is 13.2. The zero-order chi connectivity index (χ0) is 15.0. The molecule has 0 aliphatic carbocycles. The topological polar surface area (TPSA) is 80.3 Å². The molecule has 0 spiro atoms. The van der Waals surface area contributed by atoms with Crippen LogP contribution in [0.2, 0.25) is 0 Å². The molecule has 0 saturated carbocycles. The molecule has 5 nitrogen and oxygen atoms in total. The maximum atomic E-state index is 11.4. The van der Waals surface area contributed by atoms with Crippen LogP contribution in [-0.2, 0) is 19.7 Å². The predicted molar refractivity (Wildman–Crippen MR) is 78.2 cm³/mol. The standard InChI is InChI=1S/C13H19NO4S2/c1-10(14-12-7-8-20(17,18)9-12)11-3-5-13(6-4-11)19(2,15)16/h3-6,10,12,14H,7-9H2,1-2H3. The molecule has 2 rings (SSSR count). The minimum Gasteiger partial charge on any atom is -0.306 e. The predicted octanol–water partition coefficient (Wildman–Crippen LogP) is 0.928. The van der Waals surface area contributed by atoms with Crippen LogP contribution in [0, 0.1) is 0 Å². The van der Waals surface area contributed by atoms with Gasteiger partial charge >= 0.3 is 0 Å². The highest BCUT2D eigenvalue weighted by molar-refractivity contribution is 7.91. The summed E-state index contributed by atoms with van der Waals surface area (Å²) in [6.07, 6.45) is 1.81. The maximum absolute atomic E-state index is 11.4. The van der Waals surface area contributed by atoms with Crippen LogP contribution in [0.5, 0.6) is 0 Å². The Hall–Kier alpha value is -0.920. The summed E-state index contributed by atoms with van der Waals surface area (Å²) in [4.78, 5) is 0.289. The maximum Gasteiger partial charge on any atom is 0.175 e. The van der Waals surface area contributed by atoms with Gasteiger partial charge in [0.2, 0.25) is 0 Å². The van der Waals surface area contributed by atoms with E-state index in [1.54, 1.807) is 24.3 Å². The quantitative estimate of drug-likeness (QED) is 0.893. The van der Waals surface area contributed by atoms with Crippen LogP contribution in [0.1, 0.15) is 24.9 Å². The Morgan fingerprint density at radius 3 is 2.30 bits per heavy atom. The number of hydrogen-bond donors (Lipinski definition) is 1. The second-order valence-corrected chi connectivity index (χ2v) is 9.57. The highest BCUT2D eigenvalue weighted by Gasteiger charge is 2.28. The summed E-state index contributed by atoms with van der Waals surface area (Å²) in [5.41, 5.74) is 0.946. The molecule has 1 heterocycles. The Morgan fingerprint density at radius 2 is 1.85 bits per heavy atom. The molecule has 1 saturated heterocycles. The van der Waals surface area contributed by atoms with Gasteiger partial charge in [-0.1, -0.05) is 12.1 Å². The van der Waals surface area contributed by atoms with E-state index in [2.05, 4.69) is 5.32 Å². The van der Waals surface area contributed by atoms with Gasteiger partial charge in [-0.05, 0) is 31.0 Å². The van der Waals surface area contributed by atoms with Gasteiger partial charge < -0.3 is 5.32 Å². The molecule has 1 aromatic rings. The number of benzene rings is 1. The third kappa shape index (κ3) is 3.80. The van der Waals surface area contributed by atoms with Crippen molar-refractivity contribution >= 4 is 19.7 Å². The van der Waals surface area contributed by atoms with Crippen LogP contribution < -0.4 is 5.32 Å². The molecular weight excluding hydrogens is 298 g/mol. The highest BCUT2D eigenvalue weighted by atomic mass is 32.2. The highest BCUT2D eigenvalue weighted by Crippen LogP contribution is 2.19. The minimum atomic E-state index is -3.18. The lowest BCUT2D eigenvalue weighted by Gasteiger charge is -2.19. The minimum absolute atomic E-state index is 0.0121. The van der Waals surface area contributed by atoms with Crippen LogP contribution in [0.25, 0.3) is 0 Å². The number of sulfone groups is 2. The van der Waals surface area contributed by atoms with Gasteiger partial charge in [0.05, 0.1) is 16.4 Å². The fourth-order valence-corrected chi connectivity index (χ4v) is 4.70. The smallest absolute Gasteiger partial charge is 0.175 e. The van der Waals surface area contributed by atoms with E-state index in [9.17, 15) is 16.8 Å². The van der Waals surface area contributed by atoms with Crippen LogP contribution in [0.3, 0.4) is 0 Å². The molecule has 0 amide bonds. The molecule has 20 heavy (non-hydrogen) atoms. The average molecular weight is 317 g/mol. The van der Waals surface area contributed by atoms with Crippen molar-refractivity contribution < 1.29 is 16.8 Å². The summed E-state index contributed by atoms with van der Waals surface area (Å²) < 4.78 is 45.6. The molecule has 1 N–H and O–H groups in total. The SMILES string of the molecule is CC(NC1CCS(=O)(=O)C1)c1ccc(S(C)(=O)=O)cc1. The van der Waals surface area contributed by atoms with Crippen LogP contribution in [0.15, 0.2) is 29.2 Å². The van der Waals surface area contributed by atoms with Gasteiger partial charge in [0.25, 0.3) is 0 Å². The van der Waals surface area contributed by atoms with E-state index in [0.29, 0.717) is 6.42 Å². The molecule has 2 unspecified atom stereocenters. The van der Waals surface area contributed by atoms with Gasteiger partial charge in [0.15, 0.2) is 19.7 Å². The number of nitrogens with one attached hydrogen (secondary N) is 1. The first kappa shape index (κ1) is 15.5. The lowest BCUT2D eigenvalue weighted by Crippen LogP contribution is -2.32. The largest absolute Gasteiger partial charge is 0.306 e.